The van der Waals surface area contributed by atoms with Gasteiger partial charge in [0.15, 0.2) is 0 Å². The number of carbonyl (C=O) groups excluding carboxylic acids is 1. The molecule has 1 aliphatic heterocycles. The van der Waals surface area contributed by atoms with E-state index in [1.54, 1.807) is 4.90 Å². The Morgan fingerprint density at radius 3 is 2.04 bits per heavy atom. The number of amides is 1. The Kier molecular flexibility index (Phi) is 6.11. The molecule has 1 saturated heterocycles. The SMILES string of the molecule is C[C@H]1CCC[C@H]([NH+]2CCN(C(=O)C(c3ccccc3)c3ccccc3)CC2)C1. The third kappa shape index (κ3) is 4.30. The number of hydrogen-bond acceptors (Lipinski definition) is 1. The van der Waals surface area contributed by atoms with Crippen molar-refractivity contribution in [2.24, 2.45) is 5.92 Å². The van der Waals surface area contributed by atoms with Crippen LogP contribution in [0.4, 0.5) is 0 Å². The van der Waals surface area contributed by atoms with Crippen molar-refractivity contribution in [3.8, 4) is 0 Å². The van der Waals surface area contributed by atoms with Gasteiger partial charge in [0.1, 0.15) is 0 Å². The van der Waals surface area contributed by atoms with Gasteiger partial charge in [-0.3, -0.25) is 4.79 Å². The van der Waals surface area contributed by atoms with Gasteiger partial charge in [0.05, 0.1) is 38.1 Å². The van der Waals surface area contributed by atoms with Crippen LogP contribution in [0.2, 0.25) is 0 Å². The van der Waals surface area contributed by atoms with Gasteiger partial charge in [-0.1, -0.05) is 74.0 Å². The fraction of sp³-hybridized carbons (Fsp3) is 0.480. The lowest BCUT2D eigenvalue weighted by molar-refractivity contribution is -0.930. The Labute approximate surface area is 169 Å². The lowest BCUT2D eigenvalue weighted by Crippen LogP contribution is -3.18. The van der Waals surface area contributed by atoms with Crippen molar-refractivity contribution in [2.45, 2.75) is 44.6 Å². The average Bonchev–Trinajstić information content (AvgIpc) is 2.75. The molecule has 1 N–H and O–H groups in total. The normalized spacial score (nSPS) is 23.7. The van der Waals surface area contributed by atoms with Crippen LogP contribution < -0.4 is 4.90 Å². The highest BCUT2D eigenvalue weighted by molar-refractivity contribution is 5.87. The quantitative estimate of drug-likeness (QED) is 0.870. The van der Waals surface area contributed by atoms with Crippen LogP contribution in [0, 0.1) is 5.92 Å². The van der Waals surface area contributed by atoms with E-state index in [4.69, 9.17) is 0 Å². The molecule has 0 bridgehead atoms. The molecular weight excluding hydrogens is 344 g/mol. The zero-order valence-corrected chi connectivity index (χ0v) is 17.0. The summed E-state index contributed by atoms with van der Waals surface area (Å²) in [5, 5.41) is 0. The van der Waals surface area contributed by atoms with Crippen LogP contribution in [0.15, 0.2) is 60.7 Å². The van der Waals surface area contributed by atoms with Crippen LogP contribution in [0.1, 0.15) is 49.7 Å². The number of hydrogen-bond donors (Lipinski definition) is 1. The monoisotopic (exact) mass is 377 g/mol. The van der Waals surface area contributed by atoms with Crippen molar-refractivity contribution < 1.29 is 9.69 Å². The first-order chi connectivity index (χ1) is 13.7. The van der Waals surface area contributed by atoms with Crippen LogP contribution in [0.5, 0.6) is 0 Å². The molecule has 0 radical (unpaired) electrons. The molecule has 28 heavy (non-hydrogen) atoms. The third-order valence-corrected chi connectivity index (χ3v) is 6.74. The van der Waals surface area contributed by atoms with E-state index >= 15 is 0 Å². The molecule has 2 fully saturated rings. The van der Waals surface area contributed by atoms with Crippen molar-refractivity contribution in [3.63, 3.8) is 0 Å². The summed E-state index contributed by atoms with van der Waals surface area (Å²) >= 11 is 0. The molecule has 0 aromatic heterocycles. The number of rotatable bonds is 4. The van der Waals surface area contributed by atoms with E-state index in [1.807, 2.05) is 36.4 Å². The topological polar surface area (TPSA) is 24.8 Å². The zero-order chi connectivity index (χ0) is 19.3. The molecule has 2 atom stereocenters. The Balaban J connectivity index is 1.46. The van der Waals surface area contributed by atoms with Crippen LogP contribution in [-0.2, 0) is 4.79 Å². The Morgan fingerprint density at radius 1 is 0.929 bits per heavy atom. The Bertz CT molecular complexity index is 713. The molecule has 1 amide bonds. The van der Waals surface area contributed by atoms with Gasteiger partial charge in [-0.25, -0.2) is 0 Å². The summed E-state index contributed by atoms with van der Waals surface area (Å²) in [4.78, 5) is 17.4. The molecule has 4 rings (SSSR count). The van der Waals surface area contributed by atoms with E-state index in [2.05, 4.69) is 36.1 Å². The third-order valence-electron chi connectivity index (χ3n) is 6.74. The molecule has 3 heteroatoms. The molecule has 3 nitrogen and oxygen atoms in total. The van der Waals surface area contributed by atoms with Crippen LogP contribution in [0.3, 0.4) is 0 Å². The molecule has 0 unspecified atom stereocenters. The predicted molar refractivity (Wildman–Crippen MR) is 113 cm³/mol. The van der Waals surface area contributed by atoms with Crippen molar-refractivity contribution in [1.29, 1.82) is 0 Å². The summed E-state index contributed by atoms with van der Waals surface area (Å²) in [5.74, 6) is 0.929. The van der Waals surface area contributed by atoms with Gasteiger partial charge in [0.2, 0.25) is 5.91 Å². The molecule has 2 aromatic carbocycles. The second-order valence-electron chi connectivity index (χ2n) is 8.71. The maximum Gasteiger partial charge on any atom is 0.234 e. The molecule has 1 saturated carbocycles. The van der Waals surface area contributed by atoms with Gasteiger partial charge >= 0.3 is 0 Å². The van der Waals surface area contributed by atoms with E-state index < -0.39 is 0 Å². The van der Waals surface area contributed by atoms with E-state index in [1.165, 1.54) is 25.7 Å². The summed E-state index contributed by atoms with van der Waals surface area (Å²) in [7, 11) is 0. The number of nitrogens with one attached hydrogen (secondary N) is 1. The molecule has 1 heterocycles. The van der Waals surface area contributed by atoms with E-state index in [-0.39, 0.29) is 11.8 Å². The minimum Gasteiger partial charge on any atom is -0.331 e. The molecule has 2 aliphatic rings. The van der Waals surface area contributed by atoms with Crippen LogP contribution in [-0.4, -0.2) is 43.0 Å². The molecule has 0 spiro atoms. The van der Waals surface area contributed by atoms with Crippen molar-refractivity contribution in [3.05, 3.63) is 71.8 Å². The van der Waals surface area contributed by atoms with Gasteiger partial charge < -0.3 is 9.80 Å². The zero-order valence-electron chi connectivity index (χ0n) is 17.0. The highest BCUT2D eigenvalue weighted by atomic mass is 16.2. The maximum atomic E-state index is 13.6. The minimum atomic E-state index is -0.196. The first-order valence-corrected chi connectivity index (χ1v) is 11.0. The van der Waals surface area contributed by atoms with E-state index in [0.29, 0.717) is 0 Å². The molecule has 2 aromatic rings. The lowest BCUT2D eigenvalue weighted by Gasteiger charge is -2.40. The smallest absolute Gasteiger partial charge is 0.234 e. The Morgan fingerprint density at radius 2 is 1.50 bits per heavy atom. The predicted octanol–water partition coefficient (Wildman–Crippen LogP) is 3.12. The number of piperazine rings is 1. The first kappa shape index (κ1) is 19.2. The second kappa shape index (κ2) is 8.91. The highest BCUT2D eigenvalue weighted by Gasteiger charge is 2.34. The van der Waals surface area contributed by atoms with Crippen molar-refractivity contribution in [2.75, 3.05) is 26.2 Å². The Hall–Kier alpha value is -2.13. The molecule has 1 aliphatic carbocycles. The maximum absolute atomic E-state index is 13.6. The summed E-state index contributed by atoms with van der Waals surface area (Å²) in [6.07, 6.45) is 5.50. The lowest BCUT2D eigenvalue weighted by atomic mass is 9.86. The first-order valence-electron chi connectivity index (χ1n) is 11.0. The average molecular weight is 378 g/mol. The fourth-order valence-corrected chi connectivity index (χ4v) is 5.18. The van der Waals surface area contributed by atoms with Gasteiger partial charge in [-0.2, -0.15) is 0 Å². The number of carbonyl (C=O) groups is 1. The summed E-state index contributed by atoms with van der Waals surface area (Å²) in [6, 6.07) is 21.3. The van der Waals surface area contributed by atoms with Crippen LogP contribution in [0.25, 0.3) is 0 Å². The van der Waals surface area contributed by atoms with Crippen molar-refractivity contribution in [1.82, 2.24) is 4.90 Å². The van der Waals surface area contributed by atoms with Gasteiger partial charge in [0, 0.05) is 6.42 Å². The molecular formula is C25H33N2O+. The van der Waals surface area contributed by atoms with E-state index in [9.17, 15) is 4.79 Å². The summed E-state index contributed by atoms with van der Waals surface area (Å²) in [5.41, 5.74) is 2.18. The minimum absolute atomic E-state index is 0.196. The van der Waals surface area contributed by atoms with Crippen molar-refractivity contribution >= 4 is 5.91 Å². The summed E-state index contributed by atoms with van der Waals surface area (Å²) < 4.78 is 0. The number of nitrogens with zero attached hydrogens (tertiary/aromatic N) is 1. The number of quaternary nitrogens is 1. The highest BCUT2D eigenvalue weighted by Crippen LogP contribution is 2.27. The van der Waals surface area contributed by atoms with Gasteiger partial charge in [-0.05, 0) is 29.9 Å². The van der Waals surface area contributed by atoms with E-state index in [0.717, 1.165) is 49.3 Å². The van der Waals surface area contributed by atoms with Gasteiger partial charge in [-0.15, -0.1) is 0 Å². The summed E-state index contributed by atoms with van der Waals surface area (Å²) in [6.45, 7) is 6.36. The van der Waals surface area contributed by atoms with Crippen LogP contribution >= 0.6 is 0 Å². The fourth-order valence-electron chi connectivity index (χ4n) is 5.18. The van der Waals surface area contributed by atoms with Gasteiger partial charge in [0.25, 0.3) is 0 Å². The standard InChI is InChI=1S/C25H32N2O/c1-20-9-8-14-23(19-20)26-15-17-27(18-16-26)25(28)24(21-10-4-2-5-11-21)22-12-6-3-7-13-22/h2-7,10-13,20,23-24H,8-9,14-19H2,1H3/p+1/t20-,23-/m0/s1. The largest absolute Gasteiger partial charge is 0.331 e. The number of benzene rings is 2. The molecule has 148 valence electrons. The second-order valence-corrected chi connectivity index (χ2v) is 8.71.